The standard InChI is InChI=1S/C15H19FN2O3/c1-9-4-3-7-18(13(9)14(19)20)15(21)17-12-6-5-11(16)8-10(12)2/h5-6,8-9,13H,3-4,7H2,1-2H3,(H,17,21)(H,19,20). The number of carboxylic acid groups (broad SMARTS) is 1. The van der Waals surface area contributed by atoms with Crippen LogP contribution < -0.4 is 5.32 Å². The molecule has 1 aromatic rings. The monoisotopic (exact) mass is 294 g/mol. The average Bonchev–Trinajstić information content (AvgIpc) is 2.41. The van der Waals surface area contributed by atoms with E-state index in [0.29, 0.717) is 17.8 Å². The number of benzene rings is 1. The molecule has 0 aromatic heterocycles. The molecule has 2 amide bonds. The Morgan fingerprint density at radius 3 is 2.76 bits per heavy atom. The lowest BCUT2D eigenvalue weighted by Gasteiger charge is -2.37. The molecule has 1 aliphatic heterocycles. The third-order valence-electron chi connectivity index (χ3n) is 3.88. The molecular formula is C15H19FN2O3. The van der Waals surface area contributed by atoms with Gasteiger partial charge in [0.2, 0.25) is 0 Å². The number of nitrogens with one attached hydrogen (secondary N) is 1. The first kappa shape index (κ1) is 15.3. The summed E-state index contributed by atoms with van der Waals surface area (Å²) in [4.78, 5) is 25.0. The van der Waals surface area contributed by atoms with Gasteiger partial charge in [-0.15, -0.1) is 0 Å². The number of aliphatic carboxylic acids is 1. The Morgan fingerprint density at radius 2 is 2.14 bits per heavy atom. The van der Waals surface area contributed by atoms with Crippen LogP contribution in [-0.4, -0.2) is 34.6 Å². The van der Waals surface area contributed by atoms with Crippen LogP contribution in [0.4, 0.5) is 14.9 Å². The van der Waals surface area contributed by atoms with Crippen molar-refractivity contribution in [1.29, 1.82) is 0 Å². The van der Waals surface area contributed by atoms with Gasteiger partial charge in [0, 0.05) is 12.2 Å². The van der Waals surface area contributed by atoms with E-state index < -0.39 is 18.0 Å². The van der Waals surface area contributed by atoms with Crippen LogP contribution in [0, 0.1) is 18.7 Å². The molecule has 1 aromatic carbocycles. The molecule has 6 heteroatoms. The molecule has 21 heavy (non-hydrogen) atoms. The molecule has 0 radical (unpaired) electrons. The lowest BCUT2D eigenvalue weighted by atomic mass is 9.91. The van der Waals surface area contributed by atoms with Crippen LogP contribution in [0.2, 0.25) is 0 Å². The van der Waals surface area contributed by atoms with Gasteiger partial charge in [-0.05, 0) is 49.4 Å². The number of amides is 2. The predicted molar refractivity (Wildman–Crippen MR) is 76.7 cm³/mol. The highest BCUT2D eigenvalue weighted by molar-refractivity contribution is 5.93. The SMILES string of the molecule is Cc1cc(F)ccc1NC(=O)N1CCCC(C)C1C(=O)O. The van der Waals surface area contributed by atoms with E-state index in [0.717, 1.165) is 12.8 Å². The quantitative estimate of drug-likeness (QED) is 0.881. The van der Waals surface area contributed by atoms with Crippen molar-refractivity contribution in [3.63, 3.8) is 0 Å². The number of aryl methyl sites for hydroxylation is 1. The van der Waals surface area contributed by atoms with Crippen LogP contribution in [0.1, 0.15) is 25.3 Å². The largest absolute Gasteiger partial charge is 0.480 e. The Labute approximate surface area is 122 Å². The number of hydrogen-bond acceptors (Lipinski definition) is 2. The van der Waals surface area contributed by atoms with E-state index in [9.17, 15) is 19.1 Å². The van der Waals surface area contributed by atoms with Crippen LogP contribution in [0.3, 0.4) is 0 Å². The Morgan fingerprint density at radius 1 is 1.43 bits per heavy atom. The Kier molecular flexibility index (Phi) is 4.45. The van der Waals surface area contributed by atoms with Gasteiger partial charge in [-0.25, -0.2) is 14.0 Å². The van der Waals surface area contributed by atoms with Gasteiger partial charge in [0.15, 0.2) is 0 Å². The summed E-state index contributed by atoms with van der Waals surface area (Å²) in [5.74, 6) is -1.45. The van der Waals surface area contributed by atoms with Crippen molar-refractivity contribution in [3.05, 3.63) is 29.6 Å². The van der Waals surface area contributed by atoms with Crippen LogP contribution in [-0.2, 0) is 4.79 Å². The Bertz CT molecular complexity index is 562. The number of anilines is 1. The number of urea groups is 1. The summed E-state index contributed by atoms with van der Waals surface area (Å²) < 4.78 is 13.1. The predicted octanol–water partition coefficient (Wildman–Crippen LogP) is 2.85. The minimum Gasteiger partial charge on any atom is -0.480 e. The highest BCUT2D eigenvalue weighted by atomic mass is 19.1. The molecule has 0 spiro atoms. The molecule has 2 N–H and O–H groups in total. The molecule has 1 aliphatic rings. The van der Waals surface area contributed by atoms with Gasteiger partial charge >= 0.3 is 12.0 Å². The third kappa shape index (κ3) is 3.32. The summed E-state index contributed by atoms with van der Waals surface area (Å²) in [6.45, 7) is 3.93. The molecule has 1 heterocycles. The fourth-order valence-corrected chi connectivity index (χ4v) is 2.75. The zero-order valence-corrected chi connectivity index (χ0v) is 12.1. The minimum absolute atomic E-state index is 0.0867. The average molecular weight is 294 g/mol. The van der Waals surface area contributed by atoms with Gasteiger partial charge in [0.25, 0.3) is 0 Å². The minimum atomic E-state index is -0.992. The highest BCUT2D eigenvalue weighted by Gasteiger charge is 2.37. The van der Waals surface area contributed by atoms with Gasteiger partial charge in [0.05, 0.1) is 0 Å². The number of hydrogen-bond donors (Lipinski definition) is 2. The van der Waals surface area contributed by atoms with Crippen LogP contribution in [0.15, 0.2) is 18.2 Å². The lowest BCUT2D eigenvalue weighted by Crippen LogP contribution is -2.53. The summed E-state index contributed by atoms with van der Waals surface area (Å²) >= 11 is 0. The van der Waals surface area contributed by atoms with Gasteiger partial charge < -0.3 is 15.3 Å². The van der Waals surface area contributed by atoms with Gasteiger partial charge in [-0.1, -0.05) is 6.92 Å². The van der Waals surface area contributed by atoms with Crippen molar-refractivity contribution in [3.8, 4) is 0 Å². The van der Waals surface area contributed by atoms with Crippen molar-refractivity contribution in [2.75, 3.05) is 11.9 Å². The number of rotatable bonds is 2. The van der Waals surface area contributed by atoms with Crippen molar-refractivity contribution >= 4 is 17.7 Å². The molecule has 1 saturated heterocycles. The van der Waals surface area contributed by atoms with Crippen LogP contribution >= 0.6 is 0 Å². The number of carboxylic acids is 1. The zero-order valence-electron chi connectivity index (χ0n) is 12.1. The van der Waals surface area contributed by atoms with Crippen molar-refractivity contribution in [2.24, 2.45) is 5.92 Å². The fraction of sp³-hybridized carbons (Fsp3) is 0.467. The van der Waals surface area contributed by atoms with Crippen molar-refractivity contribution in [2.45, 2.75) is 32.7 Å². The fourth-order valence-electron chi connectivity index (χ4n) is 2.75. The topological polar surface area (TPSA) is 69.6 Å². The molecule has 0 bridgehead atoms. The molecule has 1 fully saturated rings. The first-order valence-electron chi connectivity index (χ1n) is 6.96. The maximum Gasteiger partial charge on any atom is 0.326 e. The smallest absolute Gasteiger partial charge is 0.326 e. The van der Waals surface area contributed by atoms with Crippen LogP contribution in [0.5, 0.6) is 0 Å². The molecule has 0 saturated carbocycles. The highest BCUT2D eigenvalue weighted by Crippen LogP contribution is 2.25. The first-order chi connectivity index (χ1) is 9.90. The second kappa shape index (κ2) is 6.11. The number of carbonyl (C=O) groups is 2. The summed E-state index contributed by atoms with van der Waals surface area (Å²) in [6.07, 6.45) is 1.57. The molecule has 0 aliphatic carbocycles. The van der Waals surface area contributed by atoms with Crippen LogP contribution in [0.25, 0.3) is 0 Å². The maximum absolute atomic E-state index is 13.1. The summed E-state index contributed by atoms with van der Waals surface area (Å²) in [5, 5.41) is 12.0. The summed E-state index contributed by atoms with van der Waals surface area (Å²) in [5.41, 5.74) is 1.09. The van der Waals surface area contributed by atoms with Gasteiger partial charge in [-0.2, -0.15) is 0 Å². The van der Waals surface area contributed by atoms with Gasteiger partial charge in [-0.3, -0.25) is 0 Å². The van der Waals surface area contributed by atoms with Crippen molar-refractivity contribution < 1.29 is 19.1 Å². The van der Waals surface area contributed by atoms with E-state index in [4.69, 9.17) is 0 Å². The normalized spacial score (nSPS) is 22.0. The number of carbonyl (C=O) groups excluding carboxylic acids is 1. The molecule has 2 atom stereocenters. The molecule has 114 valence electrons. The van der Waals surface area contributed by atoms with E-state index in [2.05, 4.69) is 5.32 Å². The summed E-state index contributed by atoms with van der Waals surface area (Å²) in [7, 11) is 0. The number of likely N-dealkylation sites (tertiary alicyclic amines) is 1. The molecule has 5 nitrogen and oxygen atoms in total. The number of nitrogens with zero attached hydrogens (tertiary/aromatic N) is 1. The maximum atomic E-state index is 13.1. The second-order valence-corrected chi connectivity index (χ2v) is 5.49. The third-order valence-corrected chi connectivity index (χ3v) is 3.88. The van der Waals surface area contributed by atoms with E-state index in [-0.39, 0.29) is 11.7 Å². The molecular weight excluding hydrogens is 275 g/mol. The van der Waals surface area contributed by atoms with E-state index >= 15 is 0 Å². The Hall–Kier alpha value is -2.11. The van der Waals surface area contributed by atoms with Gasteiger partial charge in [0.1, 0.15) is 11.9 Å². The van der Waals surface area contributed by atoms with E-state index in [1.807, 2.05) is 6.92 Å². The lowest BCUT2D eigenvalue weighted by molar-refractivity contribution is -0.145. The van der Waals surface area contributed by atoms with E-state index in [1.165, 1.54) is 23.1 Å². The first-order valence-corrected chi connectivity index (χ1v) is 6.96. The summed E-state index contributed by atoms with van der Waals surface area (Å²) in [6, 6.07) is 2.79. The molecule has 2 rings (SSSR count). The van der Waals surface area contributed by atoms with Crippen molar-refractivity contribution in [1.82, 2.24) is 4.90 Å². The van der Waals surface area contributed by atoms with E-state index in [1.54, 1.807) is 6.92 Å². The zero-order chi connectivity index (χ0) is 15.6. The second-order valence-electron chi connectivity index (χ2n) is 5.49. The Balaban J connectivity index is 2.16. The number of piperidine rings is 1. The molecule has 2 unspecified atom stereocenters. The number of halogens is 1.